The van der Waals surface area contributed by atoms with E-state index in [2.05, 4.69) is 11.6 Å². The quantitative estimate of drug-likeness (QED) is 0.524. The monoisotopic (exact) mass is 110 g/mol. The van der Waals surface area contributed by atoms with Crippen LogP contribution in [0.5, 0.6) is 0 Å². The average Bonchev–Trinajstić information content (AvgIpc) is 1.61. The fourth-order valence-corrected chi connectivity index (χ4v) is 0.207. The van der Waals surface area contributed by atoms with Crippen molar-refractivity contribution >= 4 is 11.9 Å². The van der Waals surface area contributed by atoms with Crippen LogP contribution in [0.3, 0.4) is 0 Å². The van der Waals surface area contributed by atoms with E-state index < -0.39 is 0 Å². The lowest BCUT2D eigenvalue weighted by molar-refractivity contribution is 1.34. The molecule has 1 N–H and O–H groups in total. The van der Waals surface area contributed by atoms with Gasteiger partial charge in [-0.05, 0) is 13.8 Å². The summed E-state index contributed by atoms with van der Waals surface area (Å²) < 4.78 is 0. The SMILES string of the molecule is C=C(C)/N=C\C(C)=N. The first-order valence-corrected chi connectivity index (χ1v) is 2.37. The van der Waals surface area contributed by atoms with Gasteiger partial charge < -0.3 is 5.41 Å². The van der Waals surface area contributed by atoms with E-state index in [0.29, 0.717) is 5.71 Å². The van der Waals surface area contributed by atoms with Crippen LogP contribution in [0, 0.1) is 5.41 Å². The standard InChI is InChI=1S/C6H10N2/c1-5(2)8-4-6(3)7/h4,7H,1H2,2-3H3/b7-6?,8-4-. The minimum Gasteiger partial charge on any atom is -0.304 e. The van der Waals surface area contributed by atoms with Crippen LogP contribution in [0.2, 0.25) is 0 Å². The summed E-state index contributed by atoms with van der Waals surface area (Å²) in [7, 11) is 0. The van der Waals surface area contributed by atoms with Crippen LogP contribution in [-0.2, 0) is 0 Å². The first kappa shape index (κ1) is 7.08. The lowest BCUT2D eigenvalue weighted by Gasteiger charge is -1.82. The number of hydrogen-bond acceptors (Lipinski definition) is 2. The van der Waals surface area contributed by atoms with Crippen LogP contribution in [0.25, 0.3) is 0 Å². The maximum Gasteiger partial charge on any atom is 0.0476 e. The highest BCUT2D eigenvalue weighted by Crippen LogP contribution is 1.84. The predicted octanol–water partition coefficient (Wildman–Crippen LogP) is 1.63. The van der Waals surface area contributed by atoms with E-state index in [4.69, 9.17) is 5.41 Å². The third-order valence-electron chi connectivity index (χ3n) is 0.479. The molecule has 0 amide bonds. The molecular formula is C6H10N2. The normalized spacial score (nSPS) is 9.75. The fourth-order valence-electron chi connectivity index (χ4n) is 0.207. The van der Waals surface area contributed by atoms with Crippen LogP contribution < -0.4 is 0 Å². The van der Waals surface area contributed by atoms with Crippen LogP contribution in [0.15, 0.2) is 17.3 Å². The zero-order valence-corrected chi connectivity index (χ0v) is 5.23. The zero-order valence-electron chi connectivity index (χ0n) is 5.23. The summed E-state index contributed by atoms with van der Waals surface area (Å²) in [5.74, 6) is 0. The predicted molar refractivity (Wildman–Crippen MR) is 36.7 cm³/mol. The van der Waals surface area contributed by atoms with E-state index in [9.17, 15) is 0 Å². The Hall–Kier alpha value is -0.920. The molecule has 2 heteroatoms. The minimum absolute atomic E-state index is 0.452. The van der Waals surface area contributed by atoms with Gasteiger partial charge in [-0.3, -0.25) is 4.99 Å². The van der Waals surface area contributed by atoms with Gasteiger partial charge in [-0.1, -0.05) is 6.58 Å². The van der Waals surface area contributed by atoms with E-state index in [-0.39, 0.29) is 0 Å². The molecule has 0 heterocycles. The largest absolute Gasteiger partial charge is 0.304 e. The van der Waals surface area contributed by atoms with Crippen molar-refractivity contribution in [2.75, 3.05) is 0 Å². The van der Waals surface area contributed by atoms with Gasteiger partial charge >= 0.3 is 0 Å². The van der Waals surface area contributed by atoms with Crippen molar-refractivity contribution in [2.24, 2.45) is 4.99 Å². The molecule has 0 saturated carbocycles. The number of aliphatic imine (C=N–C) groups is 1. The summed E-state index contributed by atoms with van der Waals surface area (Å²) in [6.45, 7) is 7.00. The molecule has 0 aliphatic heterocycles. The Morgan fingerprint density at radius 3 is 2.25 bits per heavy atom. The third kappa shape index (κ3) is 5.08. The third-order valence-corrected chi connectivity index (χ3v) is 0.479. The Balaban J connectivity index is 3.67. The van der Waals surface area contributed by atoms with E-state index in [1.807, 2.05) is 0 Å². The van der Waals surface area contributed by atoms with Gasteiger partial charge in [-0.2, -0.15) is 0 Å². The molecule has 0 rings (SSSR count). The Labute approximate surface area is 49.5 Å². The molecule has 0 atom stereocenters. The second kappa shape index (κ2) is 3.13. The van der Waals surface area contributed by atoms with Gasteiger partial charge in [0, 0.05) is 17.6 Å². The maximum atomic E-state index is 6.90. The van der Waals surface area contributed by atoms with Gasteiger partial charge in [-0.25, -0.2) is 0 Å². The van der Waals surface area contributed by atoms with Crippen molar-refractivity contribution in [3.63, 3.8) is 0 Å². The molecular weight excluding hydrogens is 100 g/mol. The van der Waals surface area contributed by atoms with Gasteiger partial charge in [0.05, 0.1) is 0 Å². The fraction of sp³-hybridized carbons (Fsp3) is 0.333. The molecule has 0 aliphatic carbocycles. The van der Waals surface area contributed by atoms with Gasteiger partial charge in [0.2, 0.25) is 0 Å². The first-order chi connectivity index (χ1) is 3.63. The highest BCUT2D eigenvalue weighted by Gasteiger charge is 1.75. The summed E-state index contributed by atoms with van der Waals surface area (Å²) in [4.78, 5) is 3.78. The molecule has 0 saturated heterocycles. The summed E-state index contributed by atoms with van der Waals surface area (Å²) in [5.41, 5.74) is 1.18. The Morgan fingerprint density at radius 2 is 2.12 bits per heavy atom. The molecule has 0 bridgehead atoms. The van der Waals surface area contributed by atoms with Gasteiger partial charge in [-0.15, -0.1) is 0 Å². The number of nitrogens with one attached hydrogen (secondary N) is 1. The minimum atomic E-state index is 0.452. The molecule has 2 nitrogen and oxygen atoms in total. The maximum absolute atomic E-state index is 6.90. The van der Waals surface area contributed by atoms with E-state index >= 15 is 0 Å². The Morgan fingerprint density at radius 1 is 1.62 bits per heavy atom. The number of hydrogen-bond donors (Lipinski definition) is 1. The lowest BCUT2D eigenvalue weighted by Crippen LogP contribution is -1.87. The van der Waals surface area contributed by atoms with Crippen molar-refractivity contribution in [1.82, 2.24) is 0 Å². The van der Waals surface area contributed by atoms with Gasteiger partial charge in [0.15, 0.2) is 0 Å². The van der Waals surface area contributed by atoms with E-state index in [0.717, 1.165) is 5.70 Å². The van der Waals surface area contributed by atoms with Crippen molar-refractivity contribution in [3.05, 3.63) is 12.3 Å². The molecule has 44 valence electrons. The molecule has 0 aromatic carbocycles. The first-order valence-electron chi connectivity index (χ1n) is 2.37. The Bertz CT molecular complexity index is 117. The number of rotatable bonds is 2. The second-order valence-electron chi connectivity index (χ2n) is 1.68. The lowest BCUT2D eigenvalue weighted by atomic mass is 10.5. The van der Waals surface area contributed by atoms with Gasteiger partial charge in [0.1, 0.15) is 0 Å². The van der Waals surface area contributed by atoms with Crippen LogP contribution in [0.1, 0.15) is 13.8 Å². The van der Waals surface area contributed by atoms with Crippen molar-refractivity contribution in [2.45, 2.75) is 13.8 Å². The van der Waals surface area contributed by atoms with Gasteiger partial charge in [0.25, 0.3) is 0 Å². The highest BCUT2D eigenvalue weighted by molar-refractivity contribution is 6.28. The highest BCUT2D eigenvalue weighted by atomic mass is 14.7. The van der Waals surface area contributed by atoms with E-state index in [1.165, 1.54) is 6.21 Å². The molecule has 8 heavy (non-hydrogen) atoms. The van der Waals surface area contributed by atoms with Crippen LogP contribution in [-0.4, -0.2) is 11.9 Å². The molecule has 0 fully saturated rings. The second-order valence-corrected chi connectivity index (χ2v) is 1.68. The van der Waals surface area contributed by atoms with Crippen molar-refractivity contribution < 1.29 is 0 Å². The number of allylic oxidation sites excluding steroid dienone is 1. The summed E-state index contributed by atoms with van der Waals surface area (Å²) in [6.07, 6.45) is 1.47. The smallest absolute Gasteiger partial charge is 0.0476 e. The summed E-state index contributed by atoms with van der Waals surface area (Å²) in [5, 5.41) is 6.90. The van der Waals surface area contributed by atoms with Crippen LogP contribution in [0.4, 0.5) is 0 Å². The van der Waals surface area contributed by atoms with Crippen molar-refractivity contribution in [3.8, 4) is 0 Å². The molecule has 0 unspecified atom stereocenters. The van der Waals surface area contributed by atoms with Crippen molar-refractivity contribution in [1.29, 1.82) is 5.41 Å². The summed E-state index contributed by atoms with van der Waals surface area (Å²) >= 11 is 0. The Kier molecular flexibility index (Phi) is 2.77. The molecule has 0 aromatic heterocycles. The topological polar surface area (TPSA) is 36.2 Å². The molecule has 0 aromatic rings. The van der Waals surface area contributed by atoms with E-state index in [1.54, 1.807) is 13.8 Å². The molecule has 0 spiro atoms. The average molecular weight is 110 g/mol. The summed E-state index contributed by atoms with van der Waals surface area (Å²) in [6, 6.07) is 0. The molecule has 0 aliphatic rings. The number of nitrogens with zero attached hydrogens (tertiary/aromatic N) is 1. The zero-order chi connectivity index (χ0) is 6.57. The van der Waals surface area contributed by atoms with Crippen LogP contribution >= 0.6 is 0 Å². The molecule has 0 radical (unpaired) electrons.